The highest BCUT2D eigenvalue weighted by molar-refractivity contribution is 6.75. The molecule has 6 nitrogen and oxygen atoms in total. The van der Waals surface area contributed by atoms with E-state index in [2.05, 4.69) is 51.8 Å². The Labute approximate surface area is 153 Å². The zero-order chi connectivity index (χ0) is 19.8. The van der Waals surface area contributed by atoms with Crippen molar-refractivity contribution in [2.75, 3.05) is 0 Å². The summed E-state index contributed by atoms with van der Waals surface area (Å²) in [7, 11) is -2.32. The summed E-state index contributed by atoms with van der Waals surface area (Å²) in [5.74, 6) is 1.29. The van der Waals surface area contributed by atoms with Crippen LogP contribution < -0.4 is 0 Å². The lowest BCUT2D eigenvalue weighted by Gasteiger charge is -2.34. The van der Waals surface area contributed by atoms with E-state index in [4.69, 9.17) is 9.16 Å². The number of hydrogen-bond donors (Lipinski definition) is 0. The number of carbonyl (C=O) groups excluding carboxylic acids is 2. The van der Waals surface area contributed by atoms with E-state index in [1.807, 2.05) is 0 Å². The summed E-state index contributed by atoms with van der Waals surface area (Å²) < 4.78 is 10.9. The number of carbonyl (C=O) groups is 2. The Hall–Kier alpha value is -1.24. The second-order valence-corrected chi connectivity index (χ2v) is 12.8. The van der Waals surface area contributed by atoms with Gasteiger partial charge in [0.25, 0.3) is 8.32 Å². The van der Waals surface area contributed by atoms with Crippen LogP contribution in [-0.4, -0.2) is 26.1 Å². The second kappa shape index (κ2) is 10.0. The zero-order valence-electron chi connectivity index (χ0n) is 17.4. The lowest BCUT2D eigenvalue weighted by atomic mass is 10.2. The summed E-state index contributed by atoms with van der Waals surface area (Å²) in [6, 6.07) is 2.66. The van der Waals surface area contributed by atoms with Gasteiger partial charge in [-0.15, -0.1) is 0 Å². The first kappa shape index (κ1) is 23.8. The molecule has 0 spiro atoms. The van der Waals surface area contributed by atoms with Crippen LogP contribution in [0.3, 0.4) is 0 Å². The molecule has 0 aliphatic rings. The normalized spacial score (nSPS) is 13.1. The summed E-state index contributed by atoms with van der Waals surface area (Å²) in [6.45, 7) is 18.0. The van der Waals surface area contributed by atoms with Gasteiger partial charge in [0.15, 0.2) is 0 Å². The van der Waals surface area contributed by atoms with Gasteiger partial charge in [0.1, 0.15) is 5.60 Å². The van der Waals surface area contributed by atoms with E-state index < -0.39 is 26.1 Å². The van der Waals surface area contributed by atoms with Crippen LogP contribution in [0, 0.1) is 17.8 Å². The molecule has 0 aromatic rings. The molecule has 146 valence electrons. The van der Waals surface area contributed by atoms with Gasteiger partial charge in [0.05, 0.1) is 0 Å². The first-order valence-electron chi connectivity index (χ1n) is 9.12. The monoisotopic (exact) mass is 372 g/mol. The molecule has 0 rings (SSSR count). The maximum absolute atomic E-state index is 12.2. The van der Waals surface area contributed by atoms with Crippen LogP contribution in [0.25, 0.3) is 0 Å². The molecular formula is C18H36N2O4Si. The lowest BCUT2D eigenvalue weighted by Crippen LogP contribution is -2.43. The van der Waals surface area contributed by atoms with Crippen molar-refractivity contribution >= 4 is 20.5 Å². The molecule has 0 N–H and O–H groups in total. The molecule has 2 amide bonds. The molecule has 0 fully saturated rings. The van der Waals surface area contributed by atoms with Gasteiger partial charge < -0.3 is 9.16 Å². The van der Waals surface area contributed by atoms with Crippen LogP contribution in [0.5, 0.6) is 0 Å². The number of rotatable bonds is 7. The first-order valence-corrected chi connectivity index (χ1v) is 11.7. The molecule has 7 heteroatoms. The Bertz CT molecular complexity index is 442. The topological polar surface area (TPSA) is 77.3 Å². The van der Waals surface area contributed by atoms with Gasteiger partial charge >= 0.3 is 12.2 Å². The van der Waals surface area contributed by atoms with E-state index in [1.165, 1.54) is 0 Å². The van der Waals surface area contributed by atoms with Crippen molar-refractivity contribution < 1.29 is 18.8 Å². The summed E-state index contributed by atoms with van der Waals surface area (Å²) in [4.78, 5) is 23.8. The fourth-order valence-electron chi connectivity index (χ4n) is 3.18. The van der Waals surface area contributed by atoms with Gasteiger partial charge in [-0.25, -0.2) is 9.59 Å². The Morgan fingerprint density at radius 1 is 0.800 bits per heavy atom. The van der Waals surface area contributed by atoms with Crippen molar-refractivity contribution in [2.24, 2.45) is 28.0 Å². The van der Waals surface area contributed by atoms with E-state index in [-0.39, 0.29) is 0 Å². The minimum Gasteiger partial charge on any atom is -0.501 e. The Balaban J connectivity index is 5.20. The third-order valence-electron chi connectivity index (χ3n) is 3.25. The smallest absolute Gasteiger partial charge is 0.453 e. The lowest BCUT2D eigenvalue weighted by molar-refractivity contribution is 0.0588. The maximum Gasteiger partial charge on any atom is 0.453 e. The molecular weight excluding hydrogens is 336 g/mol. The van der Waals surface area contributed by atoms with Gasteiger partial charge in [-0.3, -0.25) is 0 Å². The van der Waals surface area contributed by atoms with Crippen molar-refractivity contribution in [1.82, 2.24) is 0 Å². The molecule has 0 radical (unpaired) electrons. The molecule has 0 aliphatic carbocycles. The van der Waals surface area contributed by atoms with Crippen molar-refractivity contribution in [3.8, 4) is 0 Å². The van der Waals surface area contributed by atoms with Crippen molar-refractivity contribution in [1.29, 1.82) is 0 Å². The molecule has 0 saturated heterocycles. The minimum absolute atomic E-state index is 0.430. The summed E-state index contributed by atoms with van der Waals surface area (Å²) in [5.41, 5.74) is -0.675. The van der Waals surface area contributed by atoms with Gasteiger partial charge in [-0.2, -0.15) is 0 Å². The van der Waals surface area contributed by atoms with Crippen LogP contribution in [0.2, 0.25) is 18.1 Å². The summed E-state index contributed by atoms with van der Waals surface area (Å²) in [6.07, 6.45) is -1.66. The average molecular weight is 373 g/mol. The quantitative estimate of drug-likeness (QED) is 0.381. The fourth-order valence-corrected chi connectivity index (χ4v) is 8.80. The minimum atomic E-state index is -2.32. The molecule has 0 aromatic carbocycles. The number of azo groups is 1. The molecule has 25 heavy (non-hydrogen) atoms. The van der Waals surface area contributed by atoms with Gasteiger partial charge in [-0.05, 0) is 56.7 Å². The van der Waals surface area contributed by atoms with E-state index in [1.54, 1.807) is 20.8 Å². The molecule has 0 bridgehead atoms. The van der Waals surface area contributed by atoms with Crippen molar-refractivity contribution in [3.05, 3.63) is 0 Å². The zero-order valence-corrected chi connectivity index (χ0v) is 18.4. The molecule has 0 saturated carbocycles. The molecule has 0 aliphatic heterocycles. The Morgan fingerprint density at radius 3 is 1.48 bits per heavy atom. The van der Waals surface area contributed by atoms with Crippen LogP contribution in [-0.2, 0) is 9.16 Å². The Kier molecular flexibility index (Phi) is 9.54. The molecule has 0 heterocycles. The predicted molar refractivity (Wildman–Crippen MR) is 102 cm³/mol. The highest BCUT2D eigenvalue weighted by atomic mass is 28.4. The van der Waals surface area contributed by atoms with E-state index >= 15 is 0 Å². The SMILES string of the molecule is CC(C)C[Si](CC(C)C)(CC(C)C)OC(=O)/N=N/C(=O)OC(C)(C)C. The maximum atomic E-state index is 12.2. The van der Waals surface area contributed by atoms with Crippen LogP contribution in [0.4, 0.5) is 9.59 Å². The standard InChI is InChI=1S/C18H36N2O4Si/c1-13(2)10-25(11-14(3)4,12-15(5)6)24-17(22)20-19-16(21)23-18(7,8)9/h13-15H,10-12H2,1-9H3/b20-19+. The van der Waals surface area contributed by atoms with Crippen LogP contribution >= 0.6 is 0 Å². The average Bonchev–Trinajstić information content (AvgIpc) is 2.30. The fraction of sp³-hybridized carbons (Fsp3) is 0.889. The third-order valence-corrected chi connectivity index (χ3v) is 8.54. The predicted octanol–water partition coefficient (Wildman–Crippen LogP) is 6.42. The summed E-state index contributed by atoms with van der Waals surface area (Å²) >= 11 is 0. The van der Waals surface area contributed by atoms with Crippen molar-refractivity contribution in [2.45, 2.75) is 86.0 Å². The second-order valence-electron chi connectivity index (χ2n) is 9.03. The number of ether oxygens (including phenoxy) is 1. The van der Waals surface area contributed by atoms with Crippen LogP contribution in [0.1, 0.15) is 62.3 Å². The van der Waals surface area contributed by atoms with Crippen LogP contribution in [0.15, 0.2) is 10.2 Å². The highest BCUT2D eigenvalue weighted by Gasteiger charge is 2.40. The first-order chi connectivity index (χ1) is 11.2. The van der Waals surface area contributed by atoms with Crippen molar-refractivity contribution in [3.63, 3.8) is 0 Å². The third kappa shape index (κ3) is 11.9. The molecule has 0 atom stereocenters. The van der Waals surface area contributed by atoms with Gasteiger partial charge in [-0.1, -0.05) is 51.8 Å². The Morgan fingerprint density at radius 2 is 1.16 bits per heavy atom. The van der Waals surface area contributed by atoms with Gasteiger partial charge in [0.2, 0.25) is 0 Å². The highest BCUT2D eigenvalue weighted by Crippen LogP contribution is 2.33. The number of amides is 2. The molecule has 0 aromatic heterocycles. The number of nitrogens with zero attached hydrogens (tertiary/aromatic N) is 2. The summed E-state index contributed by atoms with van der Waals surface area (Å²) in [5, 5.41) is 6.78. The van der Waals surface area contributed by atoms with Gasteiger partial charge in [0, 0.05) is 0 Å². The molecule has 0 unspecified atom stereocenters. The van der Waals surface area contributed by atoms with E-state index in [0.717, 1.165) is 18.1 Å². The van der Waals surface area contributed by atoms with E-state index in [9.17, 15) is 9.59 Å². The van der Waals surface area contributed by atoms with E-state index in [0.29, 0.717) is 17.8 Å². The largest absolute Gasteiger partial charge is 0.501 e. The number of hydrogen-bond acceptors (Lipinski definition) is 4.